The fraction of sp³-hybridized carbons (Fsp3) is 0.273. The van der Waals surface area contributed by atoms with Gasteiger partial charge in [0.25, 0.3) is 0 Å². The number of aromatic nitrogens is 2. The predicted molar refractivity (Wildman–Crippen MR) is 115 cm³/mol. The average molecular weight is 457 g/mol. The molecule has 0 unspecified atom stereocenters. The summed E-state index contributed by atoms with van der Waals surface area (Å²) >= 11 is 3.52. The third-order valence-corrected chi connectivity index (χ3v) is 5.97. The summed E-state index contributed by atoms with van der Waals surface area (Å²) in [6.45, 7) is 2.99. The topological polar surface area (TPSA) is 52.2 Å². The molecule has 2 heterocycles. The van der Waals surface area contributed by atoms with Crippen molar-refractivity contribution in [3.63, 3.8) is 0 Å². The van der Waals surface area contributed by atoms with Gasteiger partial charge in [0.1, 0.15) is 5.82 Å². The van der Waals surface area contributed by atoms with Gasteiger partial charge in [0.15, 0.2) is 5.82 Å². The Hall–Kier alpha value is -2.67. The second-order valence-electron chi connectivity index (χ2n) is 7.14. The van der Waals surface area contributed by atoms with Crippen molar-refractivity contribution < 1.29 is 9.18 Å². The number of amides is 1. The van der Waals surface area contributed by atoms with E-state index < -0.39 is 0 Å². The minimum atomic E-state index is -0.256. The molecule has 0 bridgehead atoms. The van der Waals surface area contributed by atoms with Crippen LogP contribution in [-0.2, 0) is 11.2 Å². The number of hydrogen-bond donors (Lipinski definition) is 1. The van der Waals surface area contributed by atoms with Crippen LogP contribution in [0.1, 0.15) is 12.0 Å². The lowest BCUT2D eigenvalue weighted by atomic mass is 10.1. The summed E-state index contributed by atoms with van der Waals surface area (Å²) in [5.74, 6) is 0.741. The summed E-state index contributed by atoms with van der Waals surface area (Å²) in [6.07, 6.45) is 1.29. The zero-order valence-corrected chi connectivity index (χ0v) is 17.5. The monoisotopic (exact) mass is 456 g/mol. The minimum absolute atomic E-state index is 0.146. The Morgan fingerprint density at radius 3 is 2.66 bits per heavy atom. The first kappa shape index (κ1) is 19.6. The highest BCUT2D eigenvalue weighted by atomic mass is 79.9. The number of carbonyl (C=O) groups is 1. The summed E-state index contributed by atoms with van der Waals surface area (Å²) in [4.78, 5) is 16.9. The number of aromatic amines is 1. The van der Waals surface area contributed by atoms with Gasteiger partial charge in [0.05, 0.1) is 12.1 Å². The number of anilines is 1. The highest BCUT2D eigenvalue weighted by Gasteiger charge is 2.21. The van der Waals surface area contributed by atoms with Gasteiger partial charge < -0.3 is 9.80 Å². The minimum Gasteiger partial charge on any atom is -0.353 e. The SMILES string of the molecule is O=C(Cc1ccccc1Br)N1CCCN(c2cc(-c3ccc(F)cc3)[nH]n2)CC1. The molecule has 0 aliphatic carbocycles. The van der Waals surface area contributed by atoms with Crippen molar-refractivity contribution in [1.82, 2.24) is 15.1 Å². The van der Waals surface area contributed by atoms with Gasteiger partial charge >= 0.3 is 0 Å². The number of halogens is 2. The maximum Gasteiger partial charge on any atom is 0.227 e. The fourth-order valence-corrected chi connectivity index (χ4v) is 3.99. The van der Waals surface area contributed by atoms with Crippen LogP contribution < -0.4 is 4.90 Å². The lowest BCUT2D eigenvalue weighted by Gasteiger charge is -2.22. The maximum absolute atomic E-state index is 13.1. The van der Waals surface area contributed by atoms with Crippen molar-refractivity contribution in [3.8, 4) is 11.3 Å². The van der Waals surface area contributed by atoms with Crippen molar-refractivity contribution >= 4 is 27.7 Å². The molecule has 1 aromatic heterocycles. The zero-order valence-electron chi connectivity index (χ0n) is 15.9. The van der Waals surface area contributed by atoms with Crippen molar-refractivity contribution in [2.45, 2.75) is 12.8 Å². The molecule has 29 heavy (non-hydrogen) atoms. The number of H-pyrrole nitrogens is 1. The van der Waals surface area contributed by atoms with Crippen LogP contribution in [0, 0.1) is 5.82 Å². The zero-order chi connectivity index (χ0) is 20.2. The van der Waals surface area contributed by atoms with E-state index in [-0.39, 0.29) is 11.7 Å². The van der Waals surface area contributed by atoms with Gasteiger partial charge in [0.2, 0.25) is 5.91 Å². The van der Waals surface area contributed by atoms with Crippen LogP contribution in [-0.4, -0.2) is 47.2 Å². The van der Waals surface area contributed by atoms with Crippen LogP contribution in [0.15, 0.2) is 59.1 Å². The van der Waals surface area contributed by atoms with Gasteiger partial charge in [-0.25, -0.2) is 4.39 Å². The molecule has 5 nitrogen and oxygen atoms in total. The van der Waals surface area contributed by atoms with E-state index in [0.29, 0.717) is 13.0 Å². The molecule has 0 spiro atoms. The number of hydrogen-bond acceptors (Lipinski definition) is 3. The Kier molecular flexibility index (Phi) is 5.94. The normalized spacial score (nSPS) is 14.7. The van der Waals surface area contributed by atoms with E-state index in [9.17, 15) is 9.18 Å². The standard InChI is InChI=1S/C22H22BrFN4O/c23-19-5-2-1-4-17(19)14-22(29)28-11-3-10-27(12-13-28)21-15-20(25-26-21)16-6-8-18(24)9-7-16/h1-2,4-9,15H,3,10-14H2,(H,25,26). The molecule has 2 aromatic carbocycles. The third kappa shape index (κ3) is 4.67. The smallest absolute Gasteiger partial charge is 0.227 e. The molecule has 0 atom stereocenters. The number of benzene rings is 2. The Bertz CT molecular complexity index is 988. The van der Waals surface area contributed by atoms with E-state index in [1.807, 2.05) is 35.2 Å². The lowest BCUT2D eigenvalue weighted by molar-refractivity contribution is -0.130. The summed E-state index contributed by atoms with van der Waals surface area (Å²) in [6, 6.07) is 16.2. The van der Waals surface area contributed by atoms with Gasteiger partial charge in [-0.05, 0) is 47.9 Å². The second-order valence-corrected chi connectivity index (χ2v) is 7.99. The van der Waals surface area contributed by atoms with E-state index in [4.69, 9.17) is 0 Å². The quantitative estimate of drug-likeness (QED) is 0.637. The highest BCUT2D eigenvalue weighted by molar-refractivity contribution is 9.10. The maximum atomic E-state index is 13.1. The number of nitrogens with zero attached hydrogens (tertiary/aromatic N) is 3. The number of carbonyl (C=O) groups excluding carboxylic acids is 1. The number of nitrogens with one attached hydrogen (secondary N) is 1. The molecule has 1 fully saturated rings. The predicted octanol–water partition coefficient (Wildman–Crippen LogP) is 4.26. The van der Waals surface area contributed by atoms with Crippen molar-refractivity contribution in [2.24, 2.45) is 0 Å². The van der Waals surface area contributed by atoms with Crippen LogP contribution >= 0.6 is 15.9 Å². The first-order valence-corrected chi connectivity index (χ1v) is 10.5. The molecule has 0 radical (unpaired) electrons. The molecule has 3 aromatic rings. The van der Waals surface area contributed by atoms with Gasteiger partial charge in [-0.15, -0.1) is 0 Å². The van der Waals surface area contributed by atoms with Gasteiger partial charge in [-0.2, -0.15) is 5.10 Å². The van der Waals surface area contributed by atoms with Crippen LogP contribution in [0.2, 0.25) is 0 Å². The Balaban J connectivity index is 1.39. The van der Waals surface area contributed by atoms with Crippen LogP contribution in [0.25, 0.3) is 11.3 Å². The van der Waals surface area contributed by atoms with E-state index in [0.717, 1.165) is 53.2 Å². The van der Waals surface area contributed by atoms with Crippen LogP contribution in [0.4, 0.5) is 10.2 Å². The fourth-order valence-electron chi connectivity index (χ4n) is 3.56. The molecule has 7 heteroatoms. The molecule has 1 saturated heterocycles. The highest BCUT2D eigenvalue weighted by Crippen LogP contribution is 2.23. The van der Waals surface area contributed by atoms with E-state index in [1.165, 1.54) is 12.1 Å². The molecular formula is C22H22BrFN4O. The first-order valence-electron chi connectivity index (χ1n) is 9.67. The summed E-state index contributed by atoms with van der Waals surface area (Å²) < 4.78 is 14.1. The van der Waals surface area contributed by atoms with Gasteiger partial charge in [-0.3, -0.25) is 9.89 Å². The van der Waals surface area contributed by atoms with Gasteiger partial charge in [-0.1, -0.05) is 34.1 Å². The molecule has 1 N–H and O–H groups in total. The molecule has 150 valence electrons. The first-order chi connectivity index (χ1) is 14.1. The Morgan fingerprint density at radius 1 is 1.07 bits per heavy atom. The molecule has 1 aliphatic heterocycles. The summed E-state index contributed by atoms with van der Waals surface area (Å²) in [5, 5.41) is 7.46. The summed E-state index contributed by atoms with van der Waals surface area (Å²) in [5.41, 5.74) is 2.76. The van der Waals surface area contributed by atoms with E-state index in [2.05, 4.69) is 31.0 Å². The summed E-state index contributed by atoms with van der Waals surface area (Å²) in [7, 11) is 0. The molecule has 1 aliphatic rings. The van der Waals surface area contributed by atoms with Crippen molar-refractivity contribution in [2.75, 3.05) is 31.1 Å². The van der Waals surface area contributed by atoms with Crippen LogP contribution in [0.3, 0.4) is 0 Å². The van der Waals surface area contributed by atoms with E-state index in [1.54, 1.807) is 12.1 Å². The molecule has 4 rings (SSSR count). The Labute approximate surface area is 177 Å². The van der Waals surface area contributed by atoms with Crippen LogP contribution in [0.5, 0.6) is 0 Å². The second kappa shape index (κ2) is 8.78. The van der Waals surface area contributed by atoms with Crippen molar-refractivity contribution in [3.05, 3.63) is 70.5 Å². The van der Waals surface area contributed by atoms with E-state index >= 15 is 0 Å². The van der Waals surface area contributed by atoms with Gasteiger partial charge in [0, 0.05) is 36.7 Å². The number of rotatable bonds is 4. The Morgan fingerprint density at radius 2 is 1.86 bits per heavy atom. The molecular weight excluding hydrogens is 435 g/mol. The average Bonchev–Trinajstić information content (AvgIpc) is 3.08. The molecule has 1 amide bonds. The third-order valence-electron chi connectivity index (χ3n) is 5.19. The lowest BCUT2D eigenvalue weighted by Crippen LogP contribution is -2.36. The molecule has 0 saturated carbocycles. The van der Waals surface area contributed by atoms with Crippen molar-refractivity contribution in [1.29, 1.82) is 0 Å². The largest absolute Gasteiger partial charge is 0.353 e.